The largest absolute Gasteiger partial charge is 0.339 e. The fourth-order valence-corrected chi connectivity index (χ4v) is 3.53. The molecular weight excluding hydrogens is 280 g/mol. The average molecular weight is 300 g/mol. The summed E-state index contributed by atoms with van der Waals surface area (Å²) in [4.78, 5) is 14.4. The average Bonchev–Trinajstić information content (AvgIpc) is 3.23. The Bertz CT molecular complexity index is 695. The Morgan fingerprint density at radius 3 is 2.77 bits per heavy atom. The van der Waals surface area contributed by atoms with E-state index in [1.54, 1.807) is 17.1 Å². The number of likely N-dealkylation sites (tertiary alicyclic amines) is 1. The second-order valence-corrected chi connectivity index (χ2v) is 6.20. The van der Waals surface area contributed by atoms with Crippen LogP contribution >= 0.6 is 0 Å². The Morgan fingerprint density at radius 2 is 2.05 bits per heavy atom. The van der Waals surface area contributed by atoms with Crippen LogP contribution in [0.1, 0.15) is 47.2 Å². The minimum atomic E-state index is 0.0815. The molecule has 7 heteroatoms. The minimum Gasteiger partial charge on any atom is -0.339 e. The van der Waals surface area contributed by atoms with E-state index in [0.717, 1.165) is 50.5 Å². The summed E-state index contributed by atoms with van der Waals surface area (Å²) in [6.07, 6.45) is 7.56. The normalized spacial score (nSPS) is 18.7. The third-order valence-corrected chi connectivity index (χ3v) is 4.74. The molecule has 0 unspecified atom stereocenters. The van der Waals surface area contributed by atoms with Crippen LogP contribution in [0.2, 0.25) is 0 Å². The van der Waals surface area contributed by atoms with E-state index in [4.69, 9.17) is 0 Å². The summed E-state index contributed by atoms with van der Waals surface area (Å²) in [7, 11) is 1.83. The van der Waals surface area contributed by atoms with Crippen LogP contribution in [-0.4, -0.2) is 48.4 Å². The van der Waals surface area contributed by atoms with Crippen LogP contribution in [-0.2, 0) is 20.0 Å². The molecule has 1 amide bonds. The summed E-state index contributed by atoms with van der Waals surface area (Å²) in [6, 6.07) is 0. The van der Waals surface area contributed by atoms with Crippen LogP contribution in [0.3, 0.4) is 0 Å². The summed E-state index contributed by atoms with van der Waals surface area (Å²) in [5.74, 6) is 2.76. The van der Waals surface area contributed by atoms with Crippen LogP contribution in [0.5, 0.6) is 0 Å². The van der Waals surface area contributed by atoms with Gasteiger partial charge < -0.3 is 9.47 Å². The van der Waals surface area contributed by atoms with Crippen LogP contribution in [0.25, 0.3) is 0 Å². The highest BCUT2D eigenvalue weighted by atomic mass is 16.2. The Balaban J connectivity index is 1.43. The Hall–Kier alpha value is -2.18. The van der Waals surface area contributed by atoms with Crippen molar-refractivity contribution in [2.75, 3.05) is 13.1 Å². The summed E-state index contributed by atoms with van der Waals surface area (Å²) in [6.45, 7) is 2.60. The van der Waals surface area contributed by atoms with E-state index >= 15 is 0 Å². The van der Waals surface area contributed by atoms with Gasteiger partial charge in [-0.3, -0.25) is 9.48 Å². The van der Waals surface area contributed by atoms with Crippen molar-refractivity contribution in [2.24, 2.45) is 7.05 Å². The molecule has 4 rings (SSSR count). The molecule has 0 saturated carbocycles. The summed E-state index contributed by atoms with van der Waals surface area (Å²) < 4.78 is 3.95. The van der Waals surface area contributed by atoms with Gasteiger partial charge in [0.1, 0.15) is 11.6 Å². The summed E-state index contributed by atoms with van der Waals surface area (Å²) in [5, 5.41) is 12.8. The molecule has 0 N–H and O–H groups in total. The lowest BCUT2D eigenvalue weighted by molar-refractivity contribution is 0.0710. The fraction of sp³-hybridized carbons (Fsp3) is 0.600. The number of amides is 1. The third-order valence-electron chi connectivity index (χ3n) is 4.74. The highest BCUT2D eigenvalue weighted by molar-refractivity contribution is 5.93. The highest BCUT2D eigenvalue weighted by Crippen LogP contribution is 2.29. The molecule has 2 aliphatic rings. The molecule has 2 aliphatic heterocycles. The topological polar surface area (TPSA) is 68.8 Å². The smallest absolute Gasteiger partial charge is 0.257 e. The second kappa shape index (κ2) is 5.23. The molecule has 1 saturated heterocycles. The van der Waals surface area contributed by atoms with Gasteiger partial charge in [0.05, 0.1) is 11.8 Å². The Kier molecular flexibility index (Phi) is 3.20. The monoisotopic (exact) mass is 300 g/mol. The van der Waals surface area contributed by atoms with E-state index in [1.807, 2.05) is 11.9 Å². The number of fused-ring (bicyclic) bond motifs is 1. The second-order valence-electron chi connectivity index (χ2n) is 6.20. The molecular formula is C15H20N6O. The van der Waals surface area contributed by atoms with Crippen LogP contribution in [0.4, 0.5) is 0 Å². The molecule has 116 valence electrons. The molecule has 0 bridgehead atoms. The number of carbonyl (C=O) groups excluding carboxylic acids is 1. The lowest BCUT2D eigenvalue weighted by Gasteiger charge is -2.31. The lowest BCUT2D eigenvalue weighted by atomic mass is 9.95. The number of aromatic nitrogens is 5. The Labute approximate surface area is 128 Å². The van der Waals surface area contributed by atoms with E-state index in [1.165, 1.54) is 6.42 Å². The van der Waals surface area contributed by atoms with Crippen molar-refractivity contribution in [3.05, 3.63) is 29.6 Å². The standard InChI is InChI=1S/C15H20N6O/c1-19-10-12(9-16-19)15(22)20-7-4-11(5-8-20)14-18-17-13-3-2-6-21(13)14/h9-11H,2-8H2,1H3. The van der Waals surface area contributed by atoms with Gasteiger partial charge in [-0.1, -0.05) is 0 Å². The Morgan fingerprint density at radius 1 is 1.23 bits per heavy atom. The number of rotatable bonds is 2. The first-order valence-corrected chi connectivity index (χ1v) is 7.92. The quantitative estimate of drug-likeness (QED) is 0.829. The van der Waals surface area contributed by atoms with Gasteiger partial charge in [0.25, 0.3) is 5.91 Å². The van der Waals surface area contributed by atoms with Crippen molar-refractivity contribution in [2.45, 2.75) is 38.1 Å². The molecule has 22 heavy (non-hydrogen) atoms. The highest BCUT2D eigenvalue weighted by Gasteiger charge is 2.29. The molecule has 0 atom stereocenters. The van der Waals surface area contributed by atoms with Crippen LogP contribution in [0.15, 0.2) is 12.4 Å². The number of carbonyl (C=O) groups is 1. The number of nitrogens with zero attached hydrogens (tertiary/aromatic N) is 6. The molecule has 2 aromatic heterocycles. The molecule has 0 radical (unpaired) electrons. The number of hydrogen-bond acceptors (Lipinski definition) is 4. The van der Waals surface area contributed by atoms with Crippen molar-refractivity contribution in [3.8, 4) is 0 Å². The van der Waals surface area contributed by atoms with Crippen LogP contribution in [0, 0.1) is 0 Å². The lowest BCUT2D eigenvalue weighted by Crippen LogP contribution is -2.38. The zero-order valence-electron chi connectivity index (χ0n) is 12.8. The first-order chi connectivity index (χ1) is 10.7. The maximum atomic E-state index is 12.4. The third kappa shape index (κ3) is 2.20. The zero-order valence-corrected chi connectivity index (χ0v) is 12.8. The molecule has 1 fully saturated rings. The zero-order chi connectivity index (χ0) is 15.1. The predicted molar refractivity (Wildman–Crippen MR) is 79.4 cm³/mol. The van der Waals surface area contributed by atoms with Gasteiger partial charge in [-0.2, -0.15) is 5.10 Å². The maximum Gasteiger partial charge on any atom is 0.257 e. The van der Waals surface area contributed by atoms with E-state index < -0.39 is 0 Å². The maximum absolute atomic E-state index is 12.4. The number of hydrogen-bond donors (Lipinski definition) is 0. The first-order valence-electron chi connectivity index (χ1n) is 7.92. The van der Waals surface area contributed by atoms with Gasteiger partial charge in [0, 0.05) is 45.2 Å². The molecule has 0 aromatic carbocycles. The predicted octanol–water partition coefficient (Wildman–Crippen LogP) is 0.978. The molecule has 2 aromatic rings. The van der Waals surface area contributed by atoms with Crippen molar-refractivity contribution in [3.63, 3.8) is 0 Å². The van der Waals surface area contributed by atoms with Crippen molar-refractivity contribution in [1.29, 1.82) is 0 Å². The van der Waals surface area contributed by atoms with Crippen LogP contribution < -0.4 is 0 Å². The van der Waals surface area contributed by atoms with Crippen molar-refractivity contribution in [1.82, 2.24) is 29.4 Å². The van der Waals surface area contributed by atoms with Gasteiger partial charge >= 0.3 is 0 Å². The molecule has 0 spiro atoms. The van der Waals surface area contributed by atoms with E-state index in [2.05, 4.69) is 19.9 Å². The number of piperidine rings is 1. The van der Waals surface area contributed by atoms with Gasteiger partial charge in [-0.05, 0) is 19.3 Å². The molecule has 4 heterocycles. The van der Waals surface area contributed by atoms with Crippen molar-refractivity contribution >= 4 is 5.91 Å². The summed E-state index contributed by atoms with van der Waals surface area (Å²) >= 11 is 0. The van der Waals surface area contributed by atoms with E-state index in [-0.39, 0.29) is 5.91 Å². The molecule has 7 nitrogen and oxygen atoms in total. The van der Waals surface area contributed by atoms with E-state index in [9.17, 15) is 4.79 Å². The van der Waals surface area contributed by atoms with Gasteiger partial charge in [0.15, 0.2) is 0 Å². The molecule has 0 aliphatic carbocycles. The van der Waals surface area contributed by atoms with Gasteiger partial charge in [-0.15, -0.1) is 10.2 Å². The SMILES string of the molecule is Cn1cc(C(=O)N2CCC(c3nnc4n3CCC4)CC2)cn1. The number of aryl methyl sites for hydroxylation is 2. The van der Waals surface area contributed by atoms with Crippen molar-refractivity contribution < 1.29 is 4.79 Å². The van der Waals surface area contributed by atoms with Gasteiger partial charge in [0.2, 0.25) is 0 Å². The summed E-state index contributed by atoms with van der Waals surface area (Å²) in [5.41, 5.74) is 0.671. The van der Waals surface area contributed by atoms with Gasteiger partial charge in [-0.25, -0.2) is 0 Å². The minimum absolute atomic E-state index is 0.0815. The first kappa shape index (κ1) is 13.5. The fourth-order valence-electron chi connectivity index (χ4n) is 3.53. The van der Waals surface area contributed by atoms with E-state index in [0.29, 0.717) is 11.5 Å².